The van der Waals surface area contributed by atoms with Crippen LogP contribution >= 0.6 is 0 Å². The zero-order valence-electron chi connectivity index (χ0n) is 10.6. The van der Waals surface area contributed by atoms with Crippen LogP contribution in [0.25, 0.3) is 0 Å². The Labute approximate surface area is 104 Å². The van der Waals surface area contributed by atoms with Crippen LogP contribution in [0.5, 0.6) is 0 Å². The molecular formula is C12H24N2O2S. The highest BCUT2D eigenvalue weighted by Crippen LogP contribution is 2.32. The average Bonchev–Trinajstić information content (AvgIpc) is 2.77. The molecule has 4 nitrogen and oxygen atoms in total. The minimum atomic E-state index is -2.92. The average molecular weight is 260 g/mol. The molecule has 0 aromatic carbocycles. The van der Waals surface area contributed by atoms with E-state index in [2.05, 4.69) is 4.90 Å². The molecular weight excluding hydrogens is 236 g/mol. The van der Waals surface area contributed by atoms with E-state index in [1.165, 1.54) is 19.1 Å². The summed E-state index contributed by atoms with van der Waals surface area (Å²) in [5.74, 6) is 0. The van der Waals surface area contributed by atoms with Crippen LogP contribution in [0, 0.1) is 0 Å². The van der Waals surface area contributed by atoms with Crippen LogP contribution in [0.2, 0.25) is 0 Å². The molecule has 0 radical (unpaired) electrons. The van der Waals surface area contributed by atoms with Crippen LogP contribution < -0.4 is 5.73 Å². The maximum absolute atomic E-state index is 11.8. The smallest absolute Gasteiger partial charge is 0.151 e. The number of hydrogen-bond donors (Lipinski definition) is 1. The van der Waals surface area contributed by atoms with Crippen molar-refractivity contribution in [2.45, 2.75) is 55.9 Å². The fourth-order valence-corrected chi connectivity index (χ4v) is 4.96. The molecule has 1 aliphatic heterocycles. The lowest BCUT2D eigenvalue weighted by atomic mass is 9.99. The van der Waals surface area contributed by atoms with Gasteiger partial charge in [0, 0.05) is 24.9 Å². The van der Waals surface area contributed by atoms with E-state index >= 15 is 0 Å². The maximum atomic E-state index is 11.8. The molecule has 2 fully saturated rings. The summed E-state index contributed by atoms with van der Waals surface area (Å²) in [5.41, 5.74) is 5.82. The summed E-state index contributed by atoms with van der Waals surface area (Å²) in [4.78, 5) is 2.39. The van der Waals surface area contributed by atoms with Gasteiger partial charge in [0.15, 0.2) is 9.84 Å². The summed E-state index contributed by atoms with van der Waals surface area (Å²) in [6.07, 6.45) is 7.82. The van der Waals surface area contributed by atoms with E-state index in [-0.39, 0.29) is 11.3 Å². The van der Waals surface area contributed by atoms with Crippen LogP contribution in [0.4, 0.5) is 0 Å². The van der Waals surface area contributed by atoms with Gasteiger partial charge < -0.3 is 5.73 Å². The van der Waals surface area contributed by atoms with E-state index in [0.717, 1.165) is 32.2 Å². The van der Waals surface area contributed by atoms with Gasteiger partial charge in [0.25, 0.3) is 0 Å². The van der Waals surface area contributed by atoms with Crippen LogP contribution in [0.15, 0.2) is 0 Å². The molecule has 2 aliphatic rings. The Kier molecular flexibility index (Phi) is 4.10. The molecule has 0 spiro atoms. The number of nitrogens with zero attached hydrogens (tertiary/aromatic N) is 1. The lowest BCUT2D eigenvalue weighted by Crippen LogP contribution is -2.53. The monoisotopic (exact) mass is 260 g/mol. The van der Waals surface area contributed by atoms with E-state index < -0.39 is 9.84 Å². The molecule has 1 heterocycles. The van der Waals surface area contributed by atoms with Crippen molar-refractivity contribution >= 4 is 9.84 Å². The van der Waals surface area contributed by atoms with Gasteiger partial charge in [-0.05, 0) is 32.2 Å². The van der Waals surface area contributed by atoms with E-state index in [4.69, 9.17) is 5.73 Å². The molecule has 2 rings (SSSR count). The standard InChI is InChI=1S/C12H24N2O2S/c1-17(15,16)12-7-4-6-11(12)14-8-3-2-5-10(14)9-13/h10-12H,2-9,13H2,1H3. The van der Waals surface area contributed by atoms with Gasteiger partial charge in [-0.25, -0.2) is 8.42 Å². The zero-order valence-corrected chi connectivity index (χ0v) is 11.5. The first-order valence-corrected chi connectivity index (χ1v) is 8.64. The summed E-state index contributed by atoms with van der Waals surface area (Å²) >= 11 is 0. The molecule has 5 heteroatoms. The summed E-state index contributed by atoms with van der Waals surface area (Å²) in [5, 5.41) is -0.158. The van der Waals surface area contributed by atoms with Gasteiger partial charge in [-0.1, -0.05) is 12.8 Å². The molecule has 1 saturated heterocycles. The number of nitrogens with two attached hydrogens (primary N) is 1. The van der Waals surface area contributed by atoms with Gasteiger partial charge in [0.2, 0.25) is 0 Å². The summed E-state index contributed by atoms with van der Waals surface area (Å²) < 4.78 is 23.6. The SMILES string of the molecule is CS(=O)(=O)C1CCCC1N1CCCCC1CN. The van der Waals surface area contributed by atoms with Crippen molar-refractivity contribution in [3.8, 4) is 0 Å². The van der Waals surface area contributed by atoms with E-state index in [0.29, 0.717) is 12.6 Å². The lowest BCUT2D eigenvalue weighted by molar-refractivity contribution is 0.103. The van der Waals surface area contributed by atoms with Gasteiger partial charge in [0.1, 0.15) is 0 Å². The Bertz CT molecular complexity index is 356. The van der Waals surface area contributed by atoms with Crippen molar-refractivity contribution in [3.05, 3.63) is 0 Å². The number of likely N-dealkylation sites (tertiary alicyclic amines) is 1. The first-order chi connectivity index (χ1) is 8.04. The van der Waals surface area contributed by atoms with Gasteiger partial charge in [0.05, 0.1) is 5.25 Å². The molecule has 3 unspecified atom stereocenters. The minimum absolute atomic E-state index is 0.158. The quantitative estimate of drug-likeness (QED) is 0.814. The molecule has 1 saturated carbocycles. The third kappa shape index (κ3) is 2.83. The van der Waals surface area contributed by atoms with E-state index in [1.54, 1.807) is 0 Å². The van der Waals surface area contributed by atoms with Crippen molar-refractivity contribution in [1.29, 1.82) is 0 Å². The largest absolute Gasteiger partial charge is 0.329 e. The first kappa shape index (κ1) is 13.3. The second-order valence-corrected chi connectivity index (χ2v) is 7.75. The number of hydrogen-bond acceptors (Lipinski definition) is 4. The first-order valence-electron chi connectivity index (χ1n) is 6.68. The predicted octanol–water partition coefficient (Wildman–Crippen LogP) is 0.765. The second-order valence-electron chi connectivity index (χ2n) is 5.49. The van der Waals surface area contributed by atoms with Crippen LogP contribution in [-0.4, -0.2) is 50.0 Å². The van der Waals surface area contributed by atoms with Crippen LogP contribution in [0.1, 0.15) is 38.5 Å². The van der Waals surface area contributed by atoms with Gasteiger partial charge in [-0.3, -0.25) is 4.90 Å². The molecule has 0 bridgehead atoms. The van der Waals surface area contributed by atoms with Crippen LogP contribution in [0.3, 0.4) is 0 Å². The second kappa shape index (κ2) is 5.24. The molecule has 3 atom stereocenters. The molecule has 0 amide bonds. The molecule has 1 aliphatic carbocycles. The minimum Gasteiger partial charge on any atom is -0.329 e. The van der Waals surface area contributed by atoms with Gasteiger partial charge >= 0.3 is 0 Å². The van der Waals surface area contributed by atoms with Crippen molar-refractivity contribution in [2.75, 3.05) is 19.3 Å². The van der Waals surface area contributed by atoms with Crippen molar-refractivity contribution in [2.24, 2.45) is 5.73 Å². The highest BCUT2D eigenvalue weighted by Gasteiger charge is 2.40. The van der Waals surface area contributed by atoms with E-state index in [1.807, 2.05) is 0 Å². The highest BCUT2D eigenvalue weighted by atomic mass is 32.2. The predicted molar refractivity (Wildman–Crippen MR) is 69.7 cm³/mol. The summed E-state index contributed by atoms with van der Waals surface area (Å²) in [7, 11) is -2.92. The number of rotatable bonds is 3. The number of sulfone groups is 1. The van der Waals surface area contributed by atoms with Crippen LogP contribution in [-0.2, 0) is 9.84 Å². The fourth-order valence-electron chi connectivity index (χ4n) is 3.50. The van der Waals surface area contributed by atoms with Crippen molar-refractivity contribution in [3.63, 3.8) is 0 Å². The fraction of sp³-hybridized carbons (Fsp3) is 1.00. The molecule has 0 aromatic heterocycles. The highest BCUT2D eigenvalue weighted by molar-refractivity contribution is 7.91. The molecule has 100 valence electrons. The third-order valence-corrected chi connectivity index (χ3v) is 5.99. The zero-order chi connectivity index (χ0) is 12.5. The molecule has 0 aromatic rings. The lowest BCUT2D eigenvalue weighted by Gasteiger charge is -2.41. The Morgan fingerprint density at radius 1 is 1.18 bits per heavy atom. The van der Waals surface area contributed by atoms with Gasteiger partial charge in [-0.2, -0.15) is 0 Å². The molecule has 17 heavy (non-hydrogen) atoms. The number of piperidine rings is 1. The topological polar surface area (TPSA) is 63.4 Å². The Morgan fingerprint density at radius 3 is 2.59 bits per heavy atom. The Morgan fingerprint density at radius 2 is 1.94 bits per heavy atom. The Balaban J connectivity index is 2.14. The summed E-state index contributed by atoms with van der Waals surface area (Å²) in [6.45, 7) is 1.69. The Hall–Kier alpha value is -0.130. The normalized spacial score (nSPS) is 36.2. The van der Waals surface area contributed by atoms with Crippen molar-refractivity contribution in [1.82, 2.24) is 4.90 Å². The summed E-state index contributed by atoms with van der Waals surface area (Å²) in [6, 6.07) is 0.620. The van der Waals surface area contributed by atoms with E-state index in [9.17, 15) is 8.42 Å². The van der Waals surface area contributed by atoms with Crippen molar-refractivity contribution < 1.29 is 8.42 Å². The third-order valence-electron chi connectivity index (χ3n) is 4.34. The van der Waals surface area contributed by atoms with Gasteiger partial charge in [-0.15, -0.1) is 0 Å². The maximum Gasteiger partial charge on any atom is 0.151 e. The molecule has 2 N–H and O–H groups in total.